The number of anilines is 1. The molecule has 0 saturated carbocycles. The Morgan fingerprint density at radius 3 is 2.55 bits per heavy atom. The molecule has 108 valence electrons. The van der Waals surface area contributed by atoms with Crippen LogP contribution in [0.2, 0.25) is 0 Å². The molecule has 1 aliphatic heterocycles. The van der Waals surface area contributed by atoms with Gasteiger partial charge in [-0.15, -0.1) is 0 Å². The molecule has 0 fully saturated rings. The lowest BCUT2D eigenvalue weighted by molar-refractivity contribution is 0.586. The molecule has 0 amide bonds. The first-order valence-corrected chi connectivity index (χ1v) is 6.89. The van der Waals surface area contributed by atoms with E-state index in [0.717, 1.165) is 16.8 Å². The largest absolute Gasteiger partial charge is 0.323 e. The maximum absolute atomic E-state index is 13.1. The minimum Gasteiger partial charge on any atom is -0.323 e. The maximum atomic E-state index is 13.1. The SMILES string of the molecule is Fc1ccc(C2=CC(c3ccccc3)n3nnnc3N2)cc1. The summed E-state index contributed by atoms with van der Waals surface area (Å²) in [7, 11) is 0. The Hall–Kier alpha value is -3.02. The molecule has 0 bridgehead atoms. The van der Waals surface area contributed by atoms with E-state index in [2.05, 4.69) is 20.8 Å². The van der Waals surface area contributed by atoms with E-state index in [4.69, 9.17) is 0 Å². The van der Waals surface area contributed by atoms with Crippen LogP contribution in [0.3, 0.4) is 0 Å². The van der Waals surface area contributed by atoms with Crippen LogP contribution in [0.1, 0.15) is 17.2 Å². The smallest absolute Gasteiger partial charge is 0.248 e. The highest BCUT2D eigenvalue weighted by Crippen LogP contribution is 2.31. The molecule has 0 spiro atoms. The summed E-state index contributed by atoms with van der Waals surface area (Å²) in [6.45, 7) is 0. The van der Waals surface area contributed by atoms with Gasteiger partial charge in [-0.05, 0) is 51.9 Å². The van der Waals surface area contributed by atoms with Crippen molar-refractivity contribution in [2.45, 2.75) is 6.04 Å². The highest BCUT2D eigenvalue weighted by molar-refractivity contribution is 5.76. The predicted octanol–water partition coefficient (Wildman–Crippen LogP) is 2.87. The third-order valence-electron chi connectivity index (χ3n) is 3.62. The van der Waals surface area contributed by atoms with Gasteiger partial charge in [-0.3, -0.25) is 0 Å². The van der Waals surface area contributed by atoms with E-state index >= 15 is 0 Å². The Kier molecular flexibility index (Phi) is 2.93. The van der Waals surface area contributed by atoms with Crippen LogP contribution in [0.4, 0.5) is 10.3 Å². The number of aromatic nitrogens is 4. The van der Waals surface area contributed by atoms with Crippen LogP contribution >= 0.6 is 0 Å². The van der Waals surface area contributed by atoms with Crippen molar-refractivity contribution in [1.29, 1.82) is 0 Å². The Morgan fingerprint density at radius 2 is 1.77 bits per heavy atom. The van der Waals surface area contributed by atoms with Crippen molar-refractivity contribution in [1.82, 2.24) is 20.2 Å². The standard InChI is InChI=1S/C16H12FN5/c17-13-8-6-11(7-9-13)14-10-15(12-4-2-1-3-5-12)22-16(18-14)19-20-21-22/h1-10,15H,(H,18,19,21). The highest BCUT2D eigenvalue weighted by atomic mass is 19.1. The summed E-state index contributed by atoms with van der Waals surface area (Å²) in [5.41, 5.74) is 2.82. The molecule has 4 rings (SSSR count). The molecule has 1 aliphatic rings. The third kappa shape index (κ3) is 2.14. The predicted molar refractivity (Wildman–Crippen MR) is 80.4 cm³/mol. The van der Waals surface area contributed by atoms with Crippen molar-refractivity contribution in [2.75, 3.05) is 5.32 Å². The number of hydrogen-bond acceptors (Lipinski definition) is 4. The van der Waals surface area contributed by atoms with Gasteiger partial charge in [0.25, 0.3) is 0 Å². The summed E-state index contributed by atoms with van der Waals surface area (Å²) in [6, 6.07) is 16.2. The minimum absolute atomic E-state index is 0.104. The molecule has 1 unspecified atom stereocenters. The molecule has 6 heteroatoms. The normalized spacial score (nSPS) is 16.6. The van der Waals surface area contributed by atoms with Gasteiger partial charge in [0.15, 0.2) is 0 Å². The second-order valence-electron chi connectivity index (χ2n) is 5.01. The van der Waals surface area contributed by atoms with Crippen LogP contribution < -0.4 is 5.32 Å². The van der Waals surface area contributed by atoms with Crippen LogP contribution in [0.25, 0.3) is 5.70 Å². The first kappa shape index (κ1) is 12.7. The fraction of sp³-hybridized carbons (Fsp3) is 0.0625. The molecule has 0 saturated heterocycles. The number of hydrogen-bond donors (Lipinski definition) is 1. The lowest BCUT2D eigenvalue weighted by Crippen LogP contribution is -2.20. The van der Waals surface area contributed by atoms with Gasteiger partial charge in [-0.25, -0.2) is 4.39 Å². The molecule has 2 heterocycles. The molecule has 22 heavy (non-hydrogen) atoms. The molecule has 1 N–H and O–H groups in total. The number of allylic oxidation sites excluding steroid dienone is 1. The van der Waals surface area contributed by atoms with E-state index in [-0.39, 0.29) is 11.9 Å². The summed E-state index contributed by atoms with van der Waals surface area (Å²) in [5, 5.41) is 15.0. The molecular formula is C16H12FN5. The lowest BCUT2D eigenvalue weighted by atomic mass is 10.0. The molecule has 1 aromatic heterocycles. The summed E-state index contributed by atoms with van der Waals surface area (Å²) in [5.74, 6) is 0.306. The fourth-order valence-electron chi connectivity index (χ4n) is 2.54. The van der Waals surface area contributed by atoms with Gasteiger partial charge in [0.1, 0.15) is 11.9 Å². The van der Waals surface area contributed by atoms with Crippen LogP contribution in [0.15, 0.2) is 60.7 Å². The van der Waals surface area contributed by atoms with E-state index in [1.807, 2.05) is 36.4 Å². The molecule has 3 aromatic rings. The molecule has 5 nitrogen and oxygen atoms in total. The maximum Gasteiger partial charge on any atom is 0.248 e. The number of nitrogens with one attached hydrogen (secondary N) is 1. The van der Waals surface area contributed by atoms with Crippen molar-refractivity contribution in [3.05, 3.63) is 77.6 Å². The summed E-state index contributed by atoms with van der Waals surface area (Å²) in [6.07, 6.45) is 2.03. The average Bonchev–Trinajstić information content (AvgIpc) is 3.04. The van der Waals surface area contributed by atoms with Gasteiger partial charge in [-0.2, -0.15) is 4.68 Å². The van der Waals surface area contributed by atoms with Crippen LogP contribution in [0.5, 0.6) is 0 Å². The van der Waals surface area contributed by atoms with E-state index in [1.54, 1.807) is 16.8 Å². The molecule has 1 atom stereocenters. The first-order valence-electron chi connectivity index (χ1n) is 6.89. The van der Waals surface area contributed by atoms with Gasteiger partial charge in [-0.1, -0.05) is 35.4 Å². The number of halogens is 1. The van der Waals surface area contributed by atoms with Crippen molar-refractivity contribution >= 4 is 11.6 Å². The van der Waals surface area contributed by atoms with Crippen molar-refractivity contribution in [2.24, 2.45) is 0 Å². The molecule has 2 aromatic carbocycles. The molecule has 0 aliphatic carbocycles. The molecule has 0 radical (unpaired) electrons. The Morgan fingerprint density at radius 1 is 1.00 bits per heavy atom. The monoisotopic (exact) mass is 293 g/mol. The topological polar surface area (TPSA) is 55.6 Å². The van der Waals surface area contributed by atoms with Crippen molar-refractivity contribution in [3.63, 3.8) is 0 Å². The second-order valence-corrected chi connectivity index (χ2v) is 5.01. The Bertz CT molecular complexity index is 823. The van der Waals surface area contributed by atoms with Gasteiger partial charge in [0, 0.05) is 5.70 Å². The summed E-state index contributed by atoms with van der Waals surface area (Å²) in [4.78, 5) is 0. The number of benzene rings is 2. The van der Waals surface area contributed by atoms with Crippen molar-refractivity contribution in [3.8, 4) is 0 Å². The Labute approximate surface area is 126 Å². The number of rotatable bonds is 2. The summed E-state index contributed by atoms with van der Waals surface area (Å²) < 4.78 is 14.8. The van der Waals surface area contributed by atoms with Gasteiger partial charge >= 0.3 is 0 Å². The first-order chi connectivity index (χ1) is 10.8. The third-order valence-corrected chi connectivity index (χ3v) is 3.62. The van der Waals surface area contributed by atoms with Crippen molar-refractivity contribution < 1.29 is 4.39 Å². The fourth-order valence-corrected chi connectivity index (χ4v) is 2.54. The van der Waals surface area contributed by atoms with Gasteiger partial charge < -0.3 is 5.32 Å². The van der Waals surface area contributed by atoms with E-state index in [0.29, 0.717) is 5.95 Å². The second kappa shape index (κ2) is 5.07. The zero-order valence-electron chi connectivity index (χ0n) is 11.5. The highest BCUT2D eigenvalue weighted by Gasteiger charge is 2.23. The van der Waals surface area contributed by atoms with Crippen LogP contribution in [-0.4, -0.2) is 20.2 Å². The minimum atomic E-state index is -0.260. The van der Waals surface area contributed by atoms with Crippen LogP contribution in [-0.2, 0) is 0 Å². The Balaban J connectivity index is 1.81. The van der Waals surface area contributed by atoms with E-state index in [1.165, 1.54) is 12.1 Å². The molecular weight excluding hydrogens is 281 g/mol. The average molecular weight is 293 g/mol. The number of tetrazole rings is 1. The van der Waals surface area contributed by atoms with E-state index < -0.39 is 0 Å². The van der Waals surface area contributed by atoms with Gasteiger partial charge in [0.2, 0.25) is 5.95 Å². The quantitative estimate of drug-likeness (QED) is 0.789. The zero-order chi connectivity index (χ0) is 14.9. The number of fused-ring (bicyclic) bond motifs is 1. The number of nitrogens with zero attached hydrogens (tertiary/aromatic N) is 4. The lowest BCUT2D eigenvalue weighted by Gasteiger charge is -2.23. The summed E-state index contributed by atoms with van der Waals surface area (Å²) >= 11 is 0. The van der Waals surface area contributed by atoms with Gasteiger partial charge in [0.05, 0.1) is 0 Å². The van der Waals surface area contributed by atoms with Crippen LogP contribution in [0, 0.1) is 5.82 Å². The van der Waals surface area contributed by atoms with E-state index in [9.17, 15) is 4.39 Å². The zero-order valence-corrected chi connectivity index (χ0v) is 11.5.